The third kappa shape index (κ3) is 1.74. The highest BCUT2D eigenvalue weighted by Gasteiger charge is 2.48. The molecule has 2 atom stereocenters. The summed E-state index contributed by atoms with van der Waals surface area (Å²) in [6.45, 7) is 10.8. The van der Waals surface area contributed by atoms with E-state index in [0.717, 1.165) is 24.1 Å². The first-order valence-electron chi connectivity index (χ1n) is 6.41. The highest BCUT2D eigenvalue weighted by molar-refractivity contribution is 6.11. The molecule has 0 radical (unpaired) electrons. The van der Waals surface area contributed by atoms with Crippen LogP contribution in [0.4, 0.5) is 0 Å². The van der Waals surface area contributed by atoms with Crippen LogP contribution in [0.2, 0.25) is 0 Å². The molecule has 0 N–H and O–H groups in total. The SMILES string of the molecule is C=C1C=CC=CC1=NC1(CC)C=CC1(C)CC. The van der Waals surface area contributed by atoms with E-state index in [1.807, 2.05) is 18.2 Å². The largest absolute Gasteiger partial charge is 0.273 e. The van der Waals surface area contributed by atoms with Crippen LogP contribution in [-0.4, -0.2) is 11.3 Å². The van der Waals surface area contributed by atoms with Crippen LogP contribution >= 0.6 is 0 Å². The van der Waals surface area contributed by atoms with Crippen molar-refractivity contribution in [2.75, 3.05) is 0 Å². The number of hydrogen-bond acceptors (Lipinski definition) is 1. The first-order valence-corrected chi connectivity index (χ1v) is 6.41. The number of aliphatic imine (C=N–C) groups is 1. The Morgan fingerprint density at radius 3 is 2.29 bits per heavy atom. The molecule has 2 aliphatic rings. The molecule has 0 spiro atoms. The zero-order valence-electron chi connectivity index (χ0n) is 11.0. The molecule has 2 rings (SSSR count). The minimum absolute atomic E-state index is 0.0322. The van der Waals surface area contributed by atoms with Crippen LogP contribution in [0.3, 0.4) is 0 Å². The van der Waals surface area contributed by atoms with Gasteiger partial charge in [-0.1, -0.05) is 57.7 Å². The highest BCUT2D eigenvalue weighted by atomic mass is 14.9. The van der Waals surface area contributed by atoms with Gasteiger partial charge in [0.15, 0.2) is 0 Å². The van der Waals surface area contributed by atoms with Crippen LogP contribution in [0.25, 0.3) is 0 Å². The first-order chi connectivity index (χ1) is 8.07. The normalized spacial score (nSPS) is 37.6. The van der Waals surface area contributed by atoms with E-state index in [1.54, 1.807) is 0 Å². The first kappa shape index (κ1) is 12.1. The maximum atomic E-state index is 4.99. The minimum atomic E-state index is -0.0322. The monoisotopic (exact) mass is 227 g/mol. The fraction of sp³-hybridized carbons (Fsp3) is 0.438. The maximum Gasteiger partial charge on any atom is 0.0880 e. The van der Waals surface area contributed by atoms with Crippen LogP contribution in [0.5, 0.6) is 0 Å². The van der Waals surface area contributed by atoms with Crippen molar-refractivity contribution >= 4 is 5.71 Å². The second-order valence-corrected chi connectivity index (χ2v) is 5.12. The van der Waals surface area contributed by atoms with Gasteiger partial charge in [0.2, 0.25) is 0 Å². The topological polar surface area (TPSA) is 12.4 Å². The molecule has 1 heteroatoms. The highest BCUT2D eigenvalue weighted by Crippen LogP contribution is 2.50. The molecule has 0 aromatic heterocycles. The van der Waals surface area contributed by atoms with Gasteiger partial charge in [0.1, 0.15) is 0 Å². The molecule has 90 valence electrons. The van der Waals surface area contributed by atoms with Gasteiger partial charge in [0.25, 0.3) is 0 Å². The van der Waals surface area contributed by atoms with Gasteiger partial charge in [0, 0.05) is 5.41 Å². The van der Waals surface area contributed by atoms with E-state index >= 15 is 0 Å². The molecule has 2 unspecified atom stereocenters. The van der Waals surface area contributed by atoms with Crippen LogP contribution in [0.15, 0.2) is 53.6 Å². The van der Waals surface area contributed by atoms with Gasteiger partial charge in [-0.2, -0.15) is 0 Å². The molecule has 0 aromatic carbocycles. The quantitative estimate of drug-likeness (QED) is 0.639. The number of nitrogens with zero attached hydrogens (tertiary/aromatic N) is 1. The molecular formula is C16H21N. The van der Waals surface area contributed by atoms with Crippen molar-refractivity contribution in [2.24, 2.45) is 10.4 Å². The summed E-state index contributed by atoms with van der Waals surface area (Å²) in [5.74, 6) is 0. The van der Waals surface area contributed by atoms with Gasteiger partial charge in [-0.3, -0.25) is 4.99 Å². The summed E-state index contributed by atoms with van der Waals surface area (Å²) in [7, 11) is 0. The fourth-order valence-corrected chi connectivity index (χ4v) is 2.58. The second-order valence-electron chi connectivity index (χ2n) is 5.12. The Morgan fingerprint density at radius 2 is 1.82 bits per heavy atom. The van der Waals surface area contributed by atoms with E-state index in [-0.39, 0.29) is 11.0 Å². The van der Waals surface area contributed by atoms with Crippen molar-refractivity contribution in [3.63, 3.8) is 0 Å². The second kappa shape index (κ2) is 4.14. The van der Waals surface area contributed by atoms with E-state index in [0.29, 0.717) is 0 Å². The average molecular weight is 227 g/mol. The number of rotatable bonds is 3. The molecule has 17 heavy (non-hydrogen) atoms. The summed E-state index contributed by atoms with van der Waals surface area (Å²) in [6, 6.07) is 0. The Balaban J connectivity index is 2.37. The zero-order chi connectivity index (χ0) is 12.5. The van der Waals surface area contributed by atoms with Gasteiger partial charge >= 0.3 is 0 Å². The lowest BCUT2D eigenvalue weighted by Crippen LogP contribution is -2.48. The number of hydrogen-bond donors (Lipinski definition) is 0. The molecule has 0 saturated heterocycles. The molecule has 0 fully saturated rings. The van der Waals surface area contributed by atoms with Crippen molar-refractivity contribution in [1.82, 2.24) is 0 Å². The van der Waals surface area contributed by atoms with E-state index < -0.39 is 0 Å². The van der Waals surface area contributed by atoms with E-state index in [4.69, 9.17) is 4.99 Å². The lowest BCUT2D eigenvalue weighted by molar-refractivity contribution is 0.202. The molecule has 0 heterocycles. The van der Waals surface area contributed by atoms with Gasteiger partial charge in [-0.15, -0.1) is 0 Å². The molecule has 2 aliphatic carbocycles. The average Bonchev–Trinajstić information content (AvgIpc) is 2.35. The van der Waals surface area contributed by atoms with Crippen molar-refractivity contribution in [3.05, 3.63) is 48.6 Å². The smallest absolute Gasteiger partial charge is 0.0880 e. The lowest BCUT2D eigenvalue weighted by atomic mass is 9.60. The standard InChI is InChI=1S/C16H21N/c1-5-15(4)11-12-16(15,6-2)17-14-10-8-7-9-13(14)3/h7-12H,3,5-6H2,1-2,4H3. The molecular weight excluding hydrogens is 206 g/mol. The van der Waals surface area contributed by atoms with Crippen molar-refractivity contribution in [2.45, 2.75) is 39.2 Å². The Bertz CT molecular complexity index is 450. The zero-order valence-corrected chi connectivity index (χ0v) is 11.0. The Kier molecular flexibility index (Phi) is 2.94. The molecule has 0 saturated carbocycles. The van der Waals surface area contributed by atoms with Crippen LogP contribution in [0, 0.1) is 5.41 Å². The molecule has 0 amide bonds. The summed E-state index contributed by atoms with van der Waals surface area (Å²) in [4.78, 5) is 4.99. The third-order valence-electron chi connectivity index (χ3n) is 4.30. The van der Waals surface area contributed by atoms with Gasteiger partial charge in [0.05, 0.1) is 11.3 Å². The summed E-state index contributed by atoms with van der Waals surface area (Å²) < 4.78 is 0. The fourth-order valence-electron chi connectivity index (χ4n) is 2.58. The third-order valence-corrected chi connectivity index (χ3v) is 4.30. The molecule has 0 bridgehead atoms. The van der Waals surface area contributed by atoms with Crippen molar-refractivity contribution in [1.29, 1.82) is 0 Å². The summed E-state index contributed by atoms with van der Waals surface area (Å²) in [6.07, 6.45) is 14.8. The minimum Gasteiger partial charge on any atom is -0.273 e. The molecule has 0 aromatic rings. The molecule has 0 aliphatic heterocycles. The summed E-state index contributed by atoms with van der Waals surface area (Å²) in [5.41, 5.74) is 2.21. The van der Waals surface area contributed by atoms with Crippen LogP contribution in [0.1, 0.15) is 33.6 Å². The Hall–Kier alpha value is -1.37. The summed E-state index contributed by atoms with van der Waals surface area (Å²) >= 11 is 0. The van der Waals surface area contributed by atoms with Crippen LogP contribution < -0.4 is 0 Å². The Labute approximate surface area is 104 Å². The summed E-state index contributed by atoms with van der Waals surface area (Å²) in [5, 5.41) is 0. The lowest BCUT2D eigenvalue weighted by Gasteiger charge is -2.49. The molecule has 1 nitrogen and oxygen atoms in total. The maximum absolute atomic E-state index is 4.99. The van der Waals surface area contributed by atoms with Gasteiger partial charge in [-0.05, 0) is 24.5 Å². The van der Waals surface area contributed by atoms with E-state index in [2.05, 4.69) is 45.6 Å². The van der Waals surface area contributed by atoms with Crippen molar-refractivity contribution < 1.29 is 0 Å². The Morgan fingerprint density at radius 1 is 1.12 bits per heavy atom. The van der Waals surface area contributed by atoms with E-state index in [1.165, 1.54) is 0 Å². The van der Waals surface area contributed by atoms with Crippen molar-refractivity contribution in [3.8, 4) is 0 Å². The van der Waals surface area contributed by atoms with Crippen LogP contribution in [-0.2, 0) is 0 Å². The predicted octanol–water partition coefficient (Wildman–Crippen LogP) is 4.24. The van der Waals surface area contributed by atoms with E-state index in [9.17, 15) is 0 Å². The number of allylic oxidation sites excluding steroid dienone is 5. The predicted molar refractivity (Wildman–Crippen MR) is 75.4 cm³/mol. The van der Waals surface area contributed by atoms with Gasteiger partial charge < -0.3 is 0 Å². The van der Waals surface area contributed by atoms with Gasteiger partial charge in [-0.25, -0.2) is 0 Å².